The number of halogens is 1. The monoisotopic (exact) mass is 253 g/mol. The lowest BCUT2D eigenvalue weighted by atomic mass is 10.2. The highest BCUT2D eigenvalue weighted by atomic mass is 35.5. The Morgan fingerprint density at radius 1 is 0.944 bits per heavy atom. The van der Waals surface area contributed by atoms with Crippen LogP contribution in [0.4, 0.5) is 0 Å². The van der Waals surface area contributed by atoms with Gasteiger partial charge in [-0.2, -0.15) is 0 Å². The van der Waals surface area contributed by atoms with E-state index in [0.29, 0.717) is 5.02 Å². The quantitative estimate of drug-likeness (QED) is 0.516. The van der Waals surface area contributed by atoms with Gasteiger partial charge in [0.25, 0.3) is 0 Å². The molecule has 18 heavy (non-hydrogen) atoms. The van der Waals surface area contributed by atoms with Gasteiger partial charge in [-0.05, 0) is 24.3 Å². The normalized spacial score (nSPS) is 11.6. The van der Waals surface area contributed by atoms with E-state index in [1.807, 2.05) is 42.5 Å². The first-order chi connectivity index (χ1) is 8.83. The average molecular weight is 254 g/mol. The van der Waals surface area contributed by atoms with E-state index in [-0.39, 0.29) is 0 Å². The molecule has 0 aliphatic heterocycles. The first kappa shape index (κ1) is 9.85. The molecule has 0 aliphatic carbocycles. The molecule has 0 spiro atoms. The maximum Gasteiger partial charge on any atom is 0.119 e. The number of H-pyrrole nitrogens is 1. The van der Waals surface area contributed by atoms with Crippen molar-refractivity contribution in [2.75, 3.05) is 0 Å². The third-order valence-electron chi connectivity index (χ3n) is 3.16. The summed E-state index contributed by atoms with van der Waals surface area (Å²) in [6.07, 6.45) is 0. The van der Waals surface area contributed by atoms with E-state index in [1.165, 1.54) is 0 Å². The van der Waals surface area contributed by atoms with Crippen LogP contribution in [0.15, 0.2) is 42.5 Å². The van der Waals surface area contributed by atoms with Crippen molar-refractivity contribution in [1.82, 2.24) is 15.2 Å². The number of fused-ring (bicyclic) bond motifs is 5. The first-order valence-electron chi connectivity index (χ1n) is 5.65. The smallest absolute Gasteiger partial charge is 0.119 e. The SMILES string of the molecule is Clc1ccc2nnc3c4ccccc4[nH]c3c2c1. The number of nitrogens with zero attached hydrogens (tertiary/aromatic N) is 2. The Hall–Kier alpha value is -2.13. The molecule has 0 amide bonds. The van der Waals surface area contributed by atoms with Gasteiger partial charge in [-0.25, -0.2) is 0 Å². The maximum atomic E-state index is 6.06. The molecule has 2 aromatic carbocycles. The molecule has 2 heterocycles. The predicted octanol–water partition coefficient (Wildman–Crippen LogP) is 3.92. The molecule has 0 radical (unpaired) electrons. The lowest BCUT2D eigenvalue weighted by Crippen LogP contribution is -1.85. The van der Waals surface area contributed by atoms with Crippen molar-refractivity contribution >= 4 is 44.4 Å². The van der Waals surface area contributed by atoms with Crippen LogP contribution in [0.5, 0.6) is 0 Å². The summed E-state index contributed by atoms with van der Waals surface area (Å²) in [5.74, 6) is 0. The largest absolute Gasteiger partial charge is 0.353 e. The lowest BCUT2D eigenvalue weighted by molar-refractivity contribution is 1.13. The van der Waals surface area contributed by atoms with Gasteiger partial charge in [0.2, 0.25) is 0 Å². The van der Waals surface area contributed by atoms with Crippen LogP contribution in [0.2, 0.25) is 5.02 Å². The van der Waals surface area contributed by atoms with Gasteiger partial charge in [0.1, 0.15) is 5.52 Å². The summed E-state index contributed by atoms with van der Waals surface area (Å²) in [7, 11) is 0. The van der Waals surface area contributed by atoms with Crippen molar-refractivity contribution in [1.29, 1.82) is 0 Å². The van der Waals surface area contributed by atoms with E-state index >= 15 is 0 Å². The Balaban J connectivity index is 2.31. The van der Waals surface area contributed by atoms with Crippen molar-refractivity contribution in [2.45, 2.75) is 0 Å². The molecule has 4 heteroatoms. The number of aromatic amines is 1. The van der Waals surface area contributed by atoms with E-state index < -0.39 is 0 Å². The van der Waals surface area contributed by atoms with Gasteiger partial charge in [-0.1, -0.05) is 29.8 Å². The summed E-state index contributed by atoms with van der Waals surface area (Å²) in [6, 6.07) is 13.7. The summed E-state index contributed by atoms with van der Waals surface area (Å²) in [6.45, 7) is 0. The molecular formula is C14H8ClN3. The Morgan fingerprint density at radius 2 is 1.83 bits per heavy atom. The van der Waals surface area contributed by atoms with Gasteiger partial charge in [-0.15, -0.1) is 10.2 Å². The third kappa shape index (κ3) is 1.25. The van der Waals surface area contributed by atoms with Gasteiger partial charge in [0, 0.05) is 21.3 Å². The number of hydrogen-bond donors (Lipinski definition) is 1. The summed E-state index contributed by atoms with van der Waals surface area (Å²) in [4.78, 5) is 3.39. The lowest BCUT2D eigenvalue weighted by Gasteiger charge is -1.98. The van der Waals surface area contributed by atoms with Crippen LogP contribution in [0.25, 0.3) is 32.8 Å². The molecule has 0 aliphatic rings. The molecule has 0 unspecified atom stereocenters. The minimum Gasteiger partial charge on any atom is -0.353 e. The second-order valence-corrected chi connectivity index (χ2v) is 4.69. The molecular weight excluding hydrogens is 246 g/mol. The Morgan fingerprint density at radius 3 is 2.78 bits per heavy atom. The fourth-order valence-electron chi connectivity index (χ4n) is 2.33. The molecule has 0 saturated heterocycles. The zero-order valence-electron chi connectivity index (χ0n) is 9.31. The van der Waals surface area contributed by atoms with Crippen LogP contribution in [0, 0.1) is 0 Å². The van der Waals surface area contributed by atoms with Crippen LogP contribution < -0.4 is 0 Å². The summed E-state index contributed by atoms with van der Waals surface area (Å²) >= 11 is 6.06. The number of aromatic nitrogens is 3. The van der Waals surface area contributed by atoms with Gasteiger partial charge in [-0.3, -0.25) is 0 Å². The molecule has 0 saturated carbocycles. The number of para-hydroxylation sites is 1. The number of nitrogens with one attached hydrogen (secondary N) is 1. The van der Waals surface area contributed by atoms with Gasteiger partial charge in [0.15, 0.2) is 0 Å². The molecule has 0 fully saturated rings. The second-order valence-electron chi connectivity index (χ2n) is 4.26. The van der Waals surface area contributed by atoms with Crippen molar-refractivity contribution in [2.24, 2.45) is 0 Å². The summed E-state index contributed by atoms with van der Waals surface area (Å²) in [5.41, 5.74) is 3.79. The standard InChI is InChI=1S/C14H8ClN3/c15-8-5-6-12-10(7-8)13-14(18-17-12)9-3-1-2-4-11(9)16-13/h1-7,16H. The van der Waals surface area contributed by atoms with Crippen LogP contribution in [0.3, 0.4) is 0 Å². The highest BCUT2D eigenvalue weighted by Gasteiger charge is 2.09. The van der Waals surface area contributed by atoms with Gasteiger partial charge < -0.3 is 4.98 Å². The van der Waals surface area contributed by atoms with E-state index in [2.05, 4.69) is 15.2 Å². The fraction of sp³-hybridized carbons (Fsp3) is 0. The number of benzene rings is 2. The second kappa shape index (κ2) is 3.43. The van der Waals surface area contributed by atoms with Crippen LogP contribution in [0.1, 0.15) is 0 Å². The van der Waals surface area contributed by atoms with Crippen molar-refractivity contribution in [3.8, 4) is 0 Å². The van der Waals surface area contributed by atoms with Crippen LogP contribution in [-0.4, -0.2) is 15.2 Å². The van der Waals surface area contributed by atoms with Crippen LogP contribution >= 0.6 is 11.6 Å². The average Bonchev–Trinajstić information content (AvgIpc) is 2.78. The molecule has 3 nitrogen and oxygen atoms in total. The third-order valence-corrected chi connectivity index (χ3v) is 3.40. The predicted molar refractivity (Wildman–Crippen MR) is 73.9 cm³/mol. The maximum absolute atomic E-state index is 6.06. The van der Waals surface area contributed by atoms with E-state index in [0.717, 1.165) is 32.8 Å². The molecule has 0 atom stereocenters. The minimum atomic E-state index is 0.704. The zero-order chi connectivity index (χ0) is 12.1. The molecule has 4 aromatic rings. The number of hydrogen-bond acceptors (Lipinski definition) is 2. The zero-order valence-corrected chi connectivity index (χ0v) is 10.1. The highest BCUT2D eigenvalue weighted by Crippen LogP contribution is 2.29. The molecule has 1 N–H and O–H groups in total. The van der Waals surface area contributed by atoms with E-state index in [1.54, 1.807) is 0 Å². The first-order valence-corrected chi connectivity index (χ1v) is 6.03. The van der Waals surface area contributed by atoms with E-state index in [9.17, 15) is 0 Å². The summed E-state index contributed by atoms with van der Waals surface area (Å²) < 4.78 is 0. The fourth-order valence-corrected chi connectivity index (χ4v) is 2.50. The van der Waals surface area contributed by atoms with Crippen molar-refractivity contribution in [3.05, 3.63) is 47.5 Å². The highest BCUT2D eigenvalue weighted by molar-refractivity contribution is 6.31. The Labute approximate surface area is 107 Å². The van der Waals surface area contributed by atoms with Gasteiger partial charge >= 0.3 is 0 Å². The molecule has 4 rings (SSSR count). The van der Waals surface area contributed by atoms with Crippen molar-refractivity contribution in [3.63, 3.8) is 0 Å². The topological polar surface area (TPSA) is 41.6 Å². The van der Waals surface area contributed by atoms with Gasteiger partial charge in [0.05, 0.1) is 11.0 Å². The molecule has 0 bridgehead atoms. The Bertz CT molecular complexity index is 895. The number of rotatable bonds is 0. The van der Waals surface area contributed by atoms with Crippen LogP contribution in [-0.2, 0) is 0 Å². The summed E-state index contributed by atoms with van der Waals surface area (Å²) in [5, 5.41) is 11.3. The minimum absolute atomic E-state index is 0.704. The molecule has 2 aromatic heterocycles. The molecule has 86 valence electrons. The van der Waals surface area contributed by atoms with Crippen molar-refractivity contribution < 1.29 is 0 Å². The Kier molecular flexibility index (Phi) is 1.88. The van der Waals surface area contributed by atoms with E-state index in [4.69, 9.17) is 11.6 Å².